The summed E-state index contributed by atoms with van der Waals surface area (Å²) in [7, 11) is -1.94. The van der Waals surface area contributed by atoms with Crippen LogP contribution in [0.4, 0.5) is 16.0 Å². The van der Waals surface area contributed by atoms with Crippen molar-refractivity contribution in [2.75, 3.05) is 22.8 Å². The van der Waals surface area contributed by atoms with Crippen molar-refractivity contribution >= 4 is 21.7 Å². The number of halogens is 1. The Morgan fingerprint density at radius 3 is 2.73 bits per heavy atom. The van der Waals surface area contributed by atoms with Crippen molar-refractivity contribution in [3.8, 4) is 22.7 Å². The molecule has 0 unspecified atom stereocenters. The van der Waals surface area contributed by atoms with E-state index in [1.807, 2.05) is 0 Å². The molecule has 1 fully saturated rings. The number of anilines is 2. The molecule has 3 aromatic rings. The fourth-order valence-corrected chi connectivity index (χ4v) is 4.22. The van der Waals surface area contributed by atoms with E-state index >= 15 is 4.39 Å². The van der Waals surface area contributed by atoms with Gasteiger partial charge in [-0.2, -0.15) is 0 Å². The molecule has 2 heterocycles. The molecule has 0 saturated heterocycles. The lowest BCUT2D eigenvalue weighted by atomic mass is 10.1. The van der Waals surface area contributed by atoms with Crippen molar-refractivity contribution in [1.29, 1.82) is 0 Å². The van der Waals surface area contributed by atoms with Crippen molar-refractivity contribution in [3.63, 3.8) is 0 Å². The third-order valence-corrected chi connectivity index (χ3v) is 6.15. The average Bonchev–Trinajstić information content (AvgIpc) is 3.48. The monoisotopic (exact) mass is 431 g/mol. The average molecular weight is 431 g/mol. The number of sulfonamides is 1. The first kappa shape index (κ1) is 20.3. The first-order valence-electron chi connectivity index (χ1n) is 9.73. The molecular formula is C20H22FN5O3S. The zero-order valence-corrected chi connectivity index (χ0v) is 17.5. The number of rotatable bonds is 8. The summed E-state index contributed by atoms with van der Waals surface area (Å²) in [6.07, 6.45) is 3.92. The predicted octanol–water partition coefficient (Wildman–Crippen LogP) is 4.01. The smallest absolute Gasteiger partial charge is 0.232 e. The Labute approximate surface area is 174 Å². The maximum Gasteiger partial charge on any atom is 0.232 e. The molecule has 8 nitrogen and oxygen atoms in total. The van der Waals surface area contributed by atoms with Gasteiger partial charge in [-0.1, -0.05) is 13.0 Å². The summed E-state index contributed by atoms with van der Waals surface area (Å²) in [4.78, 5) is 13.0. The summed E-state index contributed by atoms with van der Waals surface area (Å²) < 4.78 is 47.9. The molecule has 0 bridgehead atoms. The Balaban J connectivity index is 1.81. The van der Waals surface area contributed by atoms with Gasteiger partial charge >= 0.3 is 0 Å². The van der Waals surface area contributed by atoms with Gasteiger partial charge in [0.25, 0.3) is 0 Å². The van der Waals surface area contributed by atoms with E-state index in [2.05, 4.69) is 25.0 Å². The van der Waals surface area contributed by atoms with E-state index < -0.39 is 15.8 Å². The second-order valence-corrected chi connectivity index (χ2v) is 8.95. The lowest BCUT2D eigenvalue weighted by Crippen LogP contribution is -2.17. The lowest BCUT2D eigenvalue weighted by Gasteiger charge is -2.10. The van der Waals surface area contributed by atoms with E-state index in [1.165, 1.54) is 6.07 Å². The van der Waals surface area contributed by atoms with Gasteiger partial charge in [-0.3, -0.25) is 4.72 Å². The second kappa shape index (κ2) is 8.02. The van der Waals surface area contributed by atoms with Gasteiger partial charge in [-0.25, -0.2) is 27.8 Å². The number of hydrogen-bond donors (Lipinski definition) is 2. The van der Waals surface area contributed by atoms with E-state index in [9.17, 15) is 8.42 Å². The highest BCUT2D eigenvalue weighted by Crippen LogP contribution is 2.44. The molecule has 30 heavy (non-hydrogen) atoms. The molecule has 1 saturated carbocycles. The lowest BCUT2D eigenvalue weighted by molar-refractivity contribution is 0.508. The first-order valence-corrected chi connectivity index (χ1v) is 11.4. The van der Waals surface area contributed by atoms with E-state index in [0.717, 1.165) is 12.8 Å². The predicted molar refractivity (Wildman–Crippen MR) is 112 cm³/mol. The van der Waals surface area contributed by atoms with Crippen LogP contribution in [0.1, 0.15) is 38.0 Å². The molecule has 1 aliphatic rings. The van der Waals surface area contributed by atoms with Crippen LogP contribution in [0.25, 0.3) is 22.7 Å². The van der Waals surface area contributed by atoms with Gasteiger partial charge in [-0.15, -0.1) is 0 Å². The normalized spacial score (nSPS) is 14.0. The third kappa shape index (κ3) is 4.13. The zero-order valence-electron chi connectivity index (χ0n) is 16.6. The summed E-state index contributed by atoms with van der Waals surface area (Å²) in [6.45, 7) is 1.74. The van der Waals surface area contributed by atoms with Crippen molar-refractivity contribution in [2.24, 2.45) is 0 Å². The van der Waals surface area contributed by atoms with Gasteiger partial charge in [0.1, 0.15) is 11.4 Å². The SMILES string of the molecule is CCCS(=O)(=O)Nc1cccc(-c2nc(C3CC3)oc2-c2ccnc(NC)n2)c1F. The Morgan fingerprint density at radius 1 is 1.23 bits per heavy atom. The van der Waals surface area contributed by atoms with Crippen LogP contribution in [-0.2, 0) is 10.0 Å². The fraction of sp³-hybridized carbons (Fsp3) is 0.350. The van der Waals surface area contributed by atoms with Crippen LogP contribution in [0.15, 0.2) is 34.9 Å². The number of nitrogens with one attached hydrogen (secondary N) is 2. The van der Waals surface area contributed by atoms with Crippen molar-refractivity contribution < 1.29 is 17.2 Å². The molecule has 1 aliphatic carbocycles. The van der Waals surface area contributed by atoms with Gasteiger partial charge in [-0.05, 0) is 37.5 Å². The van der Waals surface area contributed by atoms with Crippen molar-refractivity contribution in [3.05, 3.63) is 42.2 Å². The number of nitrogens with zero attached hydrogens (tertiary/aromatic N) is 3. The topological polar surface area (TPSA) is 110 Å². The van der Waals surface area contributed by atoms with Gasteiger partial charge in [0.05, 0.1) is 11.4 Å². The minimum absolute atomic E-state index is 0.0918. The van der Waals surface area contributed by atoms with Crippen molar-refractivity contribution in [1.82, 2.24) is 15.0 Å². The molecule has 2 aromatic heterocycles. The molecule has 0 aliphatic heterocycles. The second-order valence-electron chi connectivity index (χ2n) is 7.11. The zero-order chi connectivity index (χ0) is 21.3. The van der Waals surface area contributed by atoms with Crippen LogP contribution < -0.4 is 10.0 Å². The van der Waals surface area contributed by atoms with Crippen LogP contribution in [0.5, 0.6) is 0 Å². The molecule has 1 aromatic carbocycles. The molecule has 2 N–H and O–H groups in total. The first-order chi connectivity index (χ1) is 14.4. The number of oxazole rings is 1. The van der Waals surface area contributed by atoms with Gasteiger partial charge in [0.2, 0.25) is 16.0 Å². The van der Waals surface area contributed by atoms with E-state index in [0.29, 0.717) is 29.7 Å². The quantitative estimate of drug-likeness (QED) is 0.554. The maximum absolute atomic E-state index is 15.3. The van der Waals surface area contributed by atoms with Gasteiger partial charge in [0.15, 0.2) is 17.5 Å². The van der Waals surface area contributed by atoms with Gasteiger partial charge < -0.3 is 9.73 Å². The largest absolute Gasteiger partial charge is 0.438 e. The van der Waals surface area contributed by atoms with Crippen LogP contribution in [0.3, 0.4) is 0 Å². The summed E-state index contributed by atoms with van der Waals surface area (Å²) in [5, 5.41) is 2.86. The molecule has 4 rings (SSSR count). The van der Waals surface area contributed by atoms with Crippen molar-refractivity contribution in [2.45, 2.75) is 32.1 Å². The summed E-state index contributed by atoms with van der Waals surface area (Å²) in [6, 6.07) is 6.17. The van der Waals surface area contributed by atoms with Crippen LogP contribution in [0.2, 0.25) is 0 Å². The molecular weight excluding hydrogens is 409 g/mol. The third-order valence-electron chi connectivity index (χ3n) is 4.67. The summed E-state index contributed by atoms with van der Waals surface area (Å²) >= 11 is 0. The highest BCUT2D eigenvalue weighted by Gasteiger charge is 2.32. The van der Waals surface area contributed by atoms with Crippen LogP contribution in [0, 0.1) is 5.82 Å². The number of hydrogen-bond acceptors (Lipinski definition) is 7. The van der Waals surface area contributed by atoms with E-state index in [1.54, 1.807) is 38.4 Å². The maximum atomic E-state index is 15.3. The molecule has 158 valence electrons. The molecule has 0 spiro atoms. The molecule has 10 heteroatoms. The Morgan fingerprint density at radius 2 is 2.03 bits per heavy atom. The Kier molecular flexibility index (Phi) is 5.42. The number of aromatic nitrogens is 3. The molecule has 0 atom stereocenters. The minimum Gasteiger partial charge on any atom is -0.438 e. The molecule has 0 amide bonds. The van der Waals surface area contributed by atoms with E-state index in [4.69, 9.17) is 4.42 Å². The Bertz CT molecular complexity index is 1170. The van der Waals surface area contributed by atoms with Gasteiger partial charge in [0, 0.05) is 24.7 Å². The highest BCUT2D eigenvalue weighted by molar-refractivity contribution is 7.92. The summed E-state index contributed by atoms with van der Waals surface area (Å²) in [5.41, 5.74) is 0.759. The fourth-order valence-electron chi connectivity index (χ4n) is 3.08. The Hall–Kier alpha value is -3.01. The number of benzene rings is 1. The standard InChI is InChI=1S/C20H22FN5O3S/c1-3-11-30(27,28)26-14-6-4-5-13(16(14)21)17-18(29-19(25-17)12-7-8-12)15-9-10-23-20(22-2)24-15/h4-6,9-10,12,26H,3,7-8,11H2,1-2H3,(H,22,23,24). The highest BCUT2D eigenvalue weighted by atomic mass is 32.2. The minimum atomic E-state index is -3.64. The molecule has 0 radical (unpaired) electrons. The van der Waals surface area contributed by atoms with E-state index in [-0.39, 0.29) is 28.6 Å². The van der Waals surface area contributed by atoms with Crippen LogP contribution in [-0.4, -0.2) is 36.2 Å². The van der Waals surface area contributed by atoms with Crippen LogP contribution >= 0.6 is 0 Å². The summed E-state index contributed by atoms with van der Waals surface area (Å²) in [5.74, 6) is 0.647.